The monoisotopic (exact) mass is 774 g/mol. The van der Waals surface area contributed by atoms with Gasteiger partial charge in [-0.2, -0.15) is 0 Å². The van der Waals surface area contributed by atoms with Crippen LogP contribution in [0.5, 0.6) is 0 Å². The molecule has 2 N–H and O–H groups in total. The third-order valence-corrected chi connectivity index (χ3v) is 16.8. The van der Waals surface area contributed by atoms with Gasteiger partial charge in [-0.05, 0) is 61.1 Å². The molecule has 0 saturated heterocycles. The minimum absolute atomic E-state index is 0. The summed E-state index contributed by atoms with van der Waals surface area (Å²) >= 11 is -1.89. The molecule has 4 saturated carbocycles. The number of hydrogen-bond donors (Lipinski definition) is 0. The quantitative estimate of drug-likeness (QED) is 0.125. The molecule has 6 aromatic rings. The van der Waals surface area contributed by atoms with Gasteiger partial charge in [0.15, 0.2) is 6.20 Å². The second kappa shape index (κ2) is 16.5. The van der Waals surface area contributed by atoms with E-state index in [1.165, 1.54) is 98.6 Å². The topological polar surface area (TPSA) is 54.3 Å². The molecule has 4 aliphatic rings. The molecular formula is C47H55GeN3NaO+. The van der Waals surface area contributed by atoms with E-state index in [0.29, 0.717) is 0 Å². The second-order valence-corrected chi connectivity index (χ2v) is 27.8. The van der Waals surface area contributed by atoms with Gasteiger partial charge in [0.05, 0.1) is 5.58 Å². The molecular weight excluding hydrogens is 718 g/mol. The fourth-order valence-corrected chi connectivity index (χ4v) is 13.2. The van der Waals surface area contributed by atoms with Crippen LogP contribution in [0, 0.1) is 49.7 Å². The number of benzene rings is 2. The second-order valence-electron chi connectivity index (χ2n) is 17.2. The minimum atomic E-state index is -1.89. The van der Waals surface area contributed by atoms with E-state index in [-0.39, 0.29) is 29.6 Å². The van der Waals surface area contributed by atoms with Gasteiger partial charge in [0.2, 0.25) is 0 Å². The molecule has 4 heterocycles. The first-order chi connectivity index (χ1) is 25.2. The Bertz CT molecular complexity index is 2190. The first-order valence-corrected chi connectivity index (χ1v) is 27.3. The smallest absolute Gasteiger partial charge is 0.475 e. The fraction of sp³-hybridized carbons (Fsp3) is 0.426. The largest absolute Gasteiger partial charge is 1.00 e. The van der Waals surface area contributed by atoms with Crippen LogP contribution in [-0.4, -0.2) is 18.3 Å². The number of hydrogen-bond acceptors (Lipinski definition) is 2. The molecule has 1 atom stereocenters. The first kappa shape index (κ1) is 38.5. The summed E-state index contributed by atoms with van der Waals surface area (Å²) in [6.45, 7) is 4.45. The van der Waals surface area contributed by atoms with E-state index in [1.54, 1.807) is 9.96 Å². The van der Waals surface area contributed by atoms with Gasteiger partial charge >= 0.3 is 180 Å². The van der Waals surface area contributed by atoms with E-state index in [1.807, 2.05) is 30.5 Å². The molecule has 0 spiro atoms. The van der Waals surface area contributed by atoms with E-state index in [4.69, 9.17) is 4.42 Å². The molecule has 53 heavy (non-hydrogen) atoms. The van der Waals surface area contributed by atoms with Crippen molar-refractivity contribution >= 4 is 39.7 Å². The van der Waals surface area contributed by atoms with E-state index >= 15 is 0 Å². The van der Waals surface area contributed by atoms with Crippen molar-refractivity contribution in [2.45, 2.75) is 102 Å². The Labute approximate surface area is 341 Å². The van der Waals surface area contributed by atoms with Crippen LogP contribution in [0.15, 0.2) is 77.6 Å². The maximum Gasteiger partial charge on any atom is 1.00 e. The molecule has 2 bridgehead atoms. The van der Waals surface area contributed by atoms with Gasteiger partial charge in [0.1, 0.15) is 11.3 Å². The third-order valence-electron chi connectivity index (χ3n) is 12.5. The minimum Gasteiger partial charge on any atom is -0.475 e. The molecule has 0 aliphatic heterocycles. The van der Waals surface area contributed by atoms with Crippen LogP contribution in [0.25, 0.3) is 44.6 Å². The zero-order chi connectivity index (χ0) is 35.8. The number of aromatic amines is 2. The number of aromatic nitrogens is 3. The number of pyridine rings is 3. The van der Waals surface area contributed by atoms with Gasteiger partial charge < -0.3 is 9.40 Å². The van der Waals surface area contributed by atoms with Crippen LogP contribution >= 0.6 is 0 Å². The molecule has 4 aliphatic carbocycles. The number of fused-ring (bicyclic) bond motifs is 6. The number of furan rings is 1. The number of H-pyrrole nitrogens is 2. The Kier molecular flexibility index (Phi) is 12.0. The van der Waals surface area contributed by atoms with Crippen molar-refractivity contribution in [3.05, 3.63) is 108 Å². The van der Waals surface area contributed by atoms with Crippen LogP contribution in [0.3, 0.4) is 0 Å². The fourth-order valence-electron chi connectivity index (χ4n) is 9.67. The SMILES string of the molecule is Cc1[c-]c(-c2[nH+]c[c]([Ge]([CH3])([CH3])[CH3])c(CC3CCCC3)c2C)ccc1.[Na+].[c-]1c(-c2cc(CC3CC4CCC3CC4)cc[nH+]2)cnc2c1oc1ccccc12. The molecule has 10 rings (SSSR count). The molecule has 4 aromatic heterocycles. The summed E-state index contributed by atoms with van der Waals surface area (Å²) in [5, 5.41) is 1.05. The standard InChI is InChI=1S/C25H23N2O.C22H30GeN.Na/c1-2-4-23-21(3-1)25-24(28-23)14-20(15-27-25)22-13-17(9-10-26-22)12-19-11-16-5-7-18(19)8-6-16;1-16-9-8-12-19(13-16)22-17(2)20(14-18-10-6-7-11-18)21(15-24-22)23(3,4)5;/h1-4,9-10,13,15-16,18-19H,5-8,11-12H2;8-9,12,15,18H,6-7,10-11,14H2,1-5H3;/q2*-1;+1/p+2. The maximum absolute atomic E-state index is 5.97. The normalized spacial score (nSPS) is 20.0. The van der Waals surface area contributed by atoms with Crippen molar-refractivity contribution in [2.24, 2.45) is 23.7 Å². The summed E-state index contributed by atoms with van der Waals surface area (Å²) in [4.78, 5) is 11.7. The molecule has 2 aromatic carbocycles. The summed E-state index contributed by atoms with van der Waals surface area (Å²) in [7, 11) is 0. The third kappa shape index (κ3) is 8.57. The van der Waals surface area contributed by atoms with Crippen LogP contribution in [0.2, 0.25) is 17.3 Å². The summed E-state index contributed by atoms with van der Waals surface area (Å²) < 4.78 is 7.63. The Morgan fingerprint density at radius 1 is 0.849 bits per heavy atom. The Hall–Kier alpha value is -2.77. The number of nitrogens with zero attached hydrogens (tertiary/aromatic N) is 1. The summed E-state index contributed by atoms with van der Waals surface area (Å²) in [5.41, 5.74) is 12.7. The number of aryl methyl sites for hydroxylation is 1. The molecule has 4 nitrogen and oxygen atoms in total. The van der Waals surface area contributed by atoms with Gasteiger partial charge in [0, 0.05) is 17.0 Å². The van der Waals surface area contributed by atoms with Crippen LogP contribution < -0.4 is 43.9 Å². The van der Waals surface area contributed by atoms with Crippen LogP contribution in [0.1, 0.15) is 80.0 Å². The van der Waals surface area contributed by atoms with E-state index in [2.05, 4.69) is 101 Å². The van der Waals surface area contributed by atoms with Crippen LogP contribution in [0.4, 0.5) is 0 Å². The average Bonchev–Trinajstić information content (AvgIpc) is 3.80. The van der Waals surface area contributed by atoms with Crippen LogP contribution in [-0.2, 0) is 12.8 Å². The molecule has 4 fully saturated rings. The van der Waals surface area contributed by atoms with Crippen molar-refractivity contribution in [2.75, 3.05) is 0 Å². The zero-order valence-electron chi connectivity index (χ0n) is 32.9. The summed E-state index contributed by atoms with van der Waals surface area (Å²) in [6.07, 6.45) is 21.7. The van der Waals surface area contributed by atoms with E-state index in [0.717, 1.165) is 57.0 Å². The first-order valence-electron chi connectivity index (χ1n) is 19.9. The predicted octanol–water partition coefficient (Wildman–Crippen LogP) is 7.50. The number of rotatable bonds is 7. The van der Waals surface area contributed by atoms with Crippen molar-refractivity contribution in [1.29, 1.82) is 0 Å². The molecule has 6 heteroatoms. The predicted molar refractivity (Wildman–Crippen MR) is 215 cm³/mol. The zero-order valence-corrected chi connectivity index (χ0v) is 37.0. The molecule has 0 radical (unpaired) electrons. The van der Waals surface area contributed by atoms with Crippen molar-refractivity contribution in [3.8, 4) is 22.5 Å². The average molecular weight is 774 g/mol. The van der Waals surface area contributed by atoms with Crippen molar-refractivity contribution in [1.82, 2.24) is 4.98 Å². The Morgan fingerprint density at radius 3 is 2.38 bits per heavy atom. The number of nitrogens with one attached hydrogen (secondary N) is 2. The Balaban J connectivity index is 0.000000163. The molecule has 0 amide bonds. The van der Waals surface area contributed by atoms with Gasteiger partial charge in [-0.3, -0.25) is 4.98 Å². The molecule has 268 valence electrons. The van der Waals surface area contributed by atoms with Crippen molar-refractivity contribution < 1.29 is 43.9 Å². The maximum atomic E-state index is 5.97. The van der Waals surface area contributed by atoms with Gasteiger partial charge in [-0.25, -0.2) is 0 Å². The summed E-state index contributed by atoms with van der Waals surface area (Å²) in [6, 6.07) is 26.0. The van der Waals surface area contributed by atoms with Gasteiger partial charge in [-0.15, -0.1) is 0 Å². The Morgan fingerprint density at radius 2 is 1.64 bits per heavy atom. The van der Waals surface area contributed by atoms with E-state index in [9.17, 15) is 0 Å². The van der Waals surface area contributed by atoms with Gasteiger partial charge in [-0.1, -0.05) is 48.9 Å². The van der Waals surface area contributed by atoms with Crippen molar-refractivity contribution in [3.63, 3.8) is 0 Å². The van der Waals surface area contributed by atoms with Gasteiger partial charge in [0.25, 0.3) is 0 Å². The molecule has 1 unspecified atom stereocenters. The number of para-hydroxylation sites is 1. The van der Waals surface area contributed by atoms with E-state index < -0.39 is 13.3 Å². The summed E-state index contributed by atoms with van der Waals surface area (Å²) in [5.74, 6) is 11.2.